The van der Waals surface area contributed by atoms with E-state index in [2.05, 4.69) is 27.6 Å². The molecule has 0 aliphatic rings. The summed E-state index contributed by atoms with van der Waals surface area (Å²) < 4.78 is 11.3. The fraction of sp³-hybridized carbons (Fsp3) is 0.176. The lowest BCUT2D eigenvalue weighted by atomic mass is 10.2. The first-order chi connectivity index (χ1) is 11.4. The molecular weight excluding hydrogens is 445 g/mol. The highest BCUT2D eigenvalue weighted by atomic mass is 127. The van der Waals surface area contributed by atoms with Crippen LogP contribution in [-0.4, -0.2) is 31.0 Å². The van der Waals surface area contributed by atoms with Gasteiger partial charge in [0.25, 0.3) is 0 Å². The van der Waals surface area contributed by atoms with E-state index in [1.807, 2.05) is 25.1 Å². The van der Waals surface area contributed by atoms with Crippen LogP contribution < -0.4 is 9.47 Å². The molecule has 7 heteroatoms. The van der Waals surface area contributed by atoms with Crippen LogP contribution >= 0.6 is 34.2 Å². The first-order valence-electron chi connectivity index (χ1n) is 6.93. The quantitative estimate of drug-likeness (QED) is 0.511. The Hall–Kier alpha value is -1.80. The largest absolute Gasteiger partial charge is 0.493 e. The Labute approximate surface area is 158 Å². The number of hydrogen-bond acceptors (Lipinski definition) is 4. The summed E-state index contributed by atoms with van der Waals surface area (Å²) in [6, 6.07) is 9.14. The molecule has 0 radical (unpaired) electrons. The highest BCUT2D eigenvalue weighted by Crippen LogP contribution is 2.33. The van der Waals surface area contributed by atoms with Crippen LogP contribution in [0.25, 0.3) is 0 Å². The fourth-order valence-electron chi connectivity index (χ4n) is 1.90. The first kappa shape index (κ1) is 18.5. The molecule has 1 N–H and O–H groups in total. The maximum absolute atomic E-state index is 10.7. The van der Waals surface area contributed by atoms with Gasteiger partial charge in [-0.05, 0) is 64.9 Å². The van der Waals surface area contributed by atoms with Crippen LogP contribution in [0, 0.1) is 10.5 Å². The molecule has 0 fully saturated rings. The van der Waals surface area contributed by atoms with Crippen molar-refractivity contribution in [3.63, 3.8) is 0 Å². The summed E-state index contributed by atoms with van der Waals surface area (Å²) in [6.07, 6.45) is 1.69. The molecule has 2 aromatic rings. The highest BCUT2D eigenvalue weighted by molar-refractivity contribution is 14.1. The van der Waals surface area contributed by atoms with Gasteiger partial charge in [0.05, 0.1) is 16.4 Å². The Morgan fingerprint density at radius 1 is 1.38 bits per heavy atom. The molecule has 0 saturated heterocycles. The number of carboxylic acids is 1. The van der Waals surface area contributed by atoms with E-state index < -0.39 is 12.6 Å². The normalized spacial score (nSPS) is 10.8. The van der Waals surface area contributed by atoms with E-state index in [0.717, 1.165) is 20.4 Å². The molecule has 0 aromatic heterocycles. The third-order valence-corrected chi connectivity index (χ3v) is 4.32. The lowest BCUT2D eigenvalue weighted by Gasteiger charge is -2.12. The van der Waals surface area contributed by atoms with E-state index in [1.165, 1.54) is 7.11 Å². The number of hydrogen-bond donors (Lipinski definition) is 1. The number of carboxylic acid groups (broad SMARTS) is 1. The van der Waals surface area contributed by atoms with Crippen molar-refractivity contribution in [3.05, 3.63) is 50.1 Å². The average Bonchev–Trinajstić information content (AvgIpc) is 2.54. The number of halogens is 2. The van der Waals surface area contributed by atoms with E-state index in [-0.39, 0.29) is 0 Å². The summed E-state index contributed by atoms with van der Waals surface area (Å²) >= 11 is 8.16. The summed E-state index contributed by atoms with van der Waals surface area (Å²) in [5, 5.41) is 9.40. The van der Waals surface area contributed by atoms with E-state index in [0.29, 0.717) is 16.5 Å². The minimum absolute atomic E-state index is 0.399. The lowest BCUT2D eigenvalue weighted by molar-refractivity contribution is -0.139. The number of methoxy groups -OCH3 is 1. The molecule has 2 rings (SSSR count). The minimum Gasteiger partial charge on any atom is -0.493 e. The summed E-state index contributed by atoms with van der Waals surface area (Å²) in [4.78, 5) is 15.1. The Kier molecular flexibility index (Phi) is 6.44. The van der Waals surface area contributed by atoms with Gasteiger partial charge in [-0.15, -0.1) is 0 Å². The zero-order chi connectivity index (χ0) is 17.7. The molecule has 0 saturated carbocycles. The smallest absolute Gasteiger partial charge is 0.341 e. The molecule has 0 amide bonds. The molecule has 126 valence electrons. The molecule has 0 bridgehead atoms. The van der Waals surface area contributed by atoms with E-state index in [1.54, 1.807) is 18.3 Å². The van der Waals surface area contributed by atoms with Gasteiger partial charge in [0.1, 0.15) is 0 Å². The number of benzene rings is 2. The zero-order valence-corrected chi connectivity index (χ0v) is 16.0. The molecule has 0 unspecified atom stereocenters. The van der Waals surface area contributed by atoms with Crippen molar-refractivity contribution in [3.8, 4) is 11.5 Å². The number of nitrogens with zero attached hydrogens (tertiary/aromatic N) is 1. The number of aliphatic carboxylic acids is 1. The molecule has 0 spiro atoms. The van der Waals surface area contributed by atoms with Crippen LogP contribution in [0.2, 0.25) is 5.02 Å². The van der Waals surface area contributed by atoms with Gasteiger partial charge in [0.15, 0.2) is 18.1 Å². The monoisotopic (exact) mass is 459 g/mol. The van der Waals surface area contributed by atoms with Crippen LogP contribution in [-0.2, 0) is 4.79 Å². The summed E-state index contributed by atoms with van der Waals surface area (Å²) in [5.74, 6) is -0.197. The van der Waals surface area contributed by atoms with Gasteiger partial charge in [-0.3, -0.25) is 4.99 Å². The second-order valence-corrected chi connectivity index (χ2v) is 6.48. The van der Waals surface area contributed by atoms with Crippen molar-refractivity contribution in [2.24, 2.45) is 4.99 Å². The van der Waals surface area contributed by atoms with Crippen molar-refractivity contribution in [2.75, 3.05) is 13.7 Å². The predicted octanol–water partition coefficient (Wildman–Crippen LogP) is 4.48. The maximum atomic E-state index is 10.7. The van der Waals surface area contributed by atoms with Crippen molar-refractivity contribution < 1.29 is 19.4 Å². The third-order valence-electron chi connectivity index (χ3n) is 3.11. The molecule has 0 atom stereocenters. The van der Waals surface area contributed by atoms with Crippen molar-refractivity contribution in [1.29, 1.82) is 0 Å². The highest BCUT2D eigenvalue weighted by Gasteiger charge is 2.12. The van der Waals surface area contributed by atoms with Crippen LogP contribution in [0.4, 0.5) is 5.69 Å². The Morgan fingerprint density at radius 3 is 2.75 bits per heavy atom. The second kappa shape index (κ2) is 8.34. The molecule has 24 heavy (non-hydrogen) atoms. The van der Waals surface area contributed by atoms with Gasteiger partial charge in [-0.1, -0.05) is 17.7 Å². The molecule has 0 aliphatic heterocycles. The first-order valence-corrected chi connectivity index (χ1v) is 8.38. The number of ether oxygens (including phenoxy) is 2. The fourth-order valence-corrected chi connectivity index (χ4v) is 2.86. The number of rotatable bonds is 6. The van der Waals surface area contributed by atoms with Crippen LogP contribution in [0.3, 0.4) is 0 Å². The standard InChI is InChI=1S/C17H15ClINO4/c1-10-3-4-12(7-13(10)18)20-8-11-5-14(19)17(15(6-11)23-2)24-9-16(21)22/h3-8H,9H2,1-2H3,(H,21,22). The van der Waals surface area contributed by atoms with Gasteiger partial charge >= 0.3 is 5.97 Å². The average molecular weight is 460 g/mol. The number of aryl methyl sites for hydroxylation is 1. The van der Waals surface area contributed by atoms with Crippen molar-refractivity contribution in [2.45, 2.75) is 6.92 Å². The molecular formula is C17H15ClINO4. The van der Waals surface area contributed by atoms with Crippen molar-refractivity contribution >= 4 is 52.1 Å². The van der Waals surface area contributed by atoms with Crippen LogP contribution in [0.1, 0.15) is 11.1 Å². The third kappa shape index (κ3) is 4.85. The second-order valence-electron chi connectivity index (χ2n) is 4.91. The lowest BCUT2D eigenvalue weighted by Crippen LogP contribution is -2.11. The SMILES string of the molecule is COc1cc(C=Nc2ccc(C)c(Cl)c2)cc(I)c1OCC(=O)O. The van der Waals surface area contributed by atoms with Gasteiger partial charge in [-0.25, -0.2) is 4.79 Å². The van der Waals surface area contributed by atoms with E-state index in [9.17, 15) is 4.79 Å². The summed E-state index contributed by atoms with van der Waals surface area (Å²) in [6.45, 7) is 1.50. The maximum Gasteiger partial charge on any atom is 0.341 e. The van der Waals surface area contributed by atoms with Gasteiger partial charge < -0.3 is 14.6 Å². The number of aliphatic imine (C=N–C) groups is 1. The zero-order valence-electron chi connectivity index (χ0n) is 13.0. The topological polar surface area (TPSA) is 68.1 Å². The van der Waals surface area contributed by atoms with Crippen LogP contribution in [0.15, 0.2) is 35.3 Å². The Balaban J connectivity index is 2.27. The summed E-state index contributed by atoms with van der Waals surface area (Å²) in [5.41, 5.74) is 2.54. The molecule has 2 aromatic carbocycles. The molecule has 0 aliphatic carbocycles. The minimum atomic E-state index is -1.05. The van der Waals surface area contributed by atoms with Crippen molar-refractivity contribution in [1.82, 2.24) is 0 Å². The molecule has 0 heterocycles. The molecule has 5 nitrogen and oxygen atoms in total. The Bertz CT molecular complexity index is 792. The van der Waals surface area contributed by atoms with E-state index >= 15 is 0 Å². The van der Waals surface area contributed by atoms with Gasteiger partial charge in [0, 0.05) is 11.2 Å². The number of carbonyl (C=O) groups is 1. The summed E-state index contributed by atoms with van der Waals surface area (Å²) in [7, 11) is 1.50. The predicted molar refractivity (Wildman–Crippen MR) is 102 cm³/mol. The van der Waals surface area contributed by atoms with Crippen LogP contribution in [0.5, 0.6) is 11.5 Å². The Morgan fingerprint density at radius 2 is 2.12 bits per heavy atom. The van der Waals surface area contributed by atoms with E-state index in [4.69, 9.17) is 26.2 Å². The van der Waals surface area contributed by atoms with Gasteiger partial charge in [-0.2, -0.15) is 0 Å². The van der Waals surface area contributed by atoms with Gasteiger partial charge in [0.2, 0.25) is 0 Å².